The van der Waals surface area contributed by atoms with Crippen LogP contribution in [0.5, 0.6) is 0 Å². The minimum Gasteiger partial charge on any atom is -0.355 e. The molecule has 0 atom stereocenters. The molecule has 146 valence electrons. The zero-order chi connectivity index (χ0) is 19.0. The van der Waals surface area contributed by atoms with Crippen LogP contribution >= 0.6 is 0 Å². The van der Waals surface area contributed by atoms with Gasteiger partial charge in [-0.25, -0.2) is 17.5 Å². The molecule has 0 bridgehead atoms. The van der Waals surface area contributed by atoms with Crippen LogP contribution in [0.15, 0.2) is 29.2 Å². The van der Waals surface area contributed by atoms with Gasteiger partial charge in [0.05, 0.1) is 4.90 Å². The number of hydrogen-bond acceptors (Lipinski definition) is 4. The summed E-state index contributed by atoms with van der Waals surface area (Å²) in [5.74, 6) is -0.689. The van der Waals surface area contributed by atoms with Crippen LogP contribution in [0.3, 0.4) is 0 Å². The molecule has 0 heterocycles. The second-order valence-corrected chi connectivity index (χ2v) is 8.49. The molecule has 6 nitrogen and oxygen atoms in total. The molecular weight excluding hydrogens is 357 g/mol. The van der Waals surface area contributed by atoms with Gasteiger partial charge in [0.15, 0.2) is 0 Å². The molecule has 0 unspecified atom stereocenters. The third kappa shape index (κ3) is 6.66. The lowest BCUT2D eigenvalue weighted by molar-refractivity contribution is -0.121. The number of halogens is 1. The lowest BCUT2D eigenvalue weighted by Crippen LogP contribution is -2.40. The monoisotopic (exact) mass is 385 g/mol. The molecule has 8 heteroatoms. The number of hydrogen-bond donors (Lipinski definition) is 2. The summed E-state index contributed by atoms with van der Waals surface area (Å²) < 4.78 is 39.3. The van der Waals surface area contributed by atoms with Crippen LogP contribution in [-0.2, 0) is 14.8 Å². The molecule has 2 N–H and O–H groups in total. The van der Waals surface area contributed by atoms with E-state index in [1.807, 2.05) is 0 Å². The summed E-state index contributed by atoms with van der Waals surface area (Å²) in [6, 6.07) is 5.16. The van der Waals surface area contributed by atoms with Gasteiger partial charge < -0.3 is 10.2 Å². The van der Waals surface area contributed by atoms with Gasteiger partial charge in [0.2, 0.25) is 15.9 Å². The molecule has 2 rings (SSSR count). The fourth-order valence-corrected chi connectivity index (χ4v) is 4.19. The standard InChI is InChI=1S/C18H28FN3O3S/c1-22(16-5-3-2-4-6-16)14-13-20-18(23)11-12-21-26(24,25)17-9-7-15(19)8-10-17/h7-10,16,21H,2-6,11-14H2,1H3,(H,20,23). The van der Waals surface area contributed by atoms with Crippen molar-refractivity contribution in [1.82, 2.24) is 14.9 Å². The first-order valence-electron chi connectivity index (χ1n) is 9.10. The maximum absolute atomic E-state index is 12.9. The van der Waals surface area contributed by atoms with Crippen LogP contribution in [0.1, 0.15) is 38.5 Å². The van der Waals surface area contributed by atoms with Gasteiger partial charge in [-0.15, -0.1) is 0 Å². The Morgan fingerprint density at radius 3 is 2.46 bits per heavy atom. The smallest absolute Gasteiger partial charge is 0.240 e. The second-order valence-electron chi connectivity index (χ2n) is 6.72. The van der Waals surface area contributed by atoms with Crippen LogP contribution in [0.2, 0.25) is 0 Å². The number of carbonyl (C=O) groups excluding carboxylic acids is 1. The van der Waals surface area contributed by atoms with E-state index in [-0.39, 0.29) is 23.8 Å². The fraction of sp³-hybridized carbons (Fsp3) is 0.611. The number of amides is 1. The molecule has 1 aliphatic rings. The first kappa shape index (κ1) is 20.8. The molecule has 1 fully saturated rings. The highest BCUT2D eigenvalue weighted by atomic mass is 32.2. The lowest BCUT2D eigenvalue weighted by atomic mass is 9.94. The topological polar surface area (TPSA) is 78.5 Å². The third-order valence-corrected chi connectivity index (χ3v) is 6.23. The normalized spacial score (nSPS) is 16.0. The molecule has 1 amide bonds. The molecule has 1 aromatic carbocycles. The highest BCUT2D eigenvalue weighted by Gasteiger charge is 2.18. The molecule has 0 radical (unpaired) electrons. The summed E-state index contributed by atoms with van der Waals surface area (Å²) in [6.07, 6.45) is 6.36. The van der Waals surface area contributed by atoms with Crippen molar-refractivity contribution >= 4 is 15.9 Å². The van der Waals surface area contributed by atoms with E-state index in [0.717, 1.165) is 18.7 Å². The zero-order valence-electron chi connectivity index (χ0n) is 15.2. The van der Waals surface area contributed by atoms with Crippen molar-refractivity contribution in [3.8, 4) is 0 Å². The Morgan fingerprint density at radius 2 is 1.81 bits per heavy atom. The van der Waals surface area contributed by atoms with E-state index in [1.54, 1.807) is 0 Å². The molecule has 1 saturated carbocycles. The number of nitrogens with zero attached hydrogens (tertiary/aromatic N) is 1. The molecule has 1 aromatic rings. The van der Waals surface area contributed by atoms with Gasteiger partial charge in [0.1, 0.15) is 5.82 Å². The van der Waals surface area contributed by atoms with E-state index in [4.69, 9.17) is 0 Å². The van der Waals surface area contributed by atoms with Gasteiger partial charge in [-0.05, 0) is 44.2 Å². The number of nitrogens with one attached hydrogen (secondary N) is 2. The van der Waals surface area contributed by atoms with Gasteiger partial charge in [0, 0.05) is 32.1 Å². The highest BCUT2D eigenvalue weighted by molar-refractivity contribution is 7.89. The van der Waals surface area contributed by atoms with Crippen LogP contribution in [0, 0.1) is 5.82 Å². The Bertz CT molecular complexity index is 673. The molecule has 0 spiro atoms. The van der Waals surface area contributed by atoms with E-state index in [9.17, 15) is 17.6 Å². The van der Waals surface area contributed by atoms with E-state index in [0.29, 0.717) is 12.6 Å². The van der Waals surface area contributed by atoms with Crippen LogP contribution < -0.4 is 10.0 Å². The minimum absolute atomic E-state index is 0.00398. The fourth-order valence-electron chi connectivity index (χ4n) is 3.16. The Hall–Kier alpha value is -1.51. The molecule has 1 aliphatic carbocycles. The van der Waals surface area contributed by atoms with Gasteiger partial charge in [0.25, 0.3) is 0 Å². The summed E-state index contributed by atoms with van der Waals surface area (Å²) in [5, 5.41) is 2.82. The van der Waals surface area contributed by atoms with Crippen molar-refractivity contribution < 1.29 is 17.6 Å². The Morgan fingerprint density at radius 1 is 1.15 bits per heavy atom. The van der Waals surface area contributed by atoms with Crippen molar-refractivity contribution in [2.75, 3.05) is 26.7 Å². The Balaban J connectivity index is 1.64. The second kappa shape index (κ2) is 9.99. The van der Waals surface area contributed by atoms with Gasteiger partial charge >= 0.3 is 0 Å². The first-order chi connectivity index (χ1) is 12.4. The number of likely N-dealkylation sites (N-methyl/N-ethyl adjacent to an activating group) is 1. The van der Waals surface area contributed by atoms with Crippen molar-refractivity contribution in [2.24, 2.45) is 0 Å². The van der Waals surface area contributed by atoms with Crippen molar-refractivity contribution in [3.63, 3.8) is 0 Å². The van der Waals surface area contributed by atoms with Crippen LogP contribution in [0.4, 0.5) is 4.39 Å². The summed E-state index contributed by atoms with van der Waals surface area (Å²) in [4.78, 5) is 14.1. The van der Waals surface area contributed by atoms with Crippen molar-refractivity contribution in [2.45, 2.75) is 49.5 Å². The molecule has 26 heavy (non-hydrogen) atoms. The SMILES string of the molecule is CN(CCNC(=O)CCNS(=O)(=O)c1ccc(F)cc1)C1CCCCC1. The van der Waals surface area contributed by atoms with Crippen LogP contribution in [0.25, 0.3) is 0 Å². The number of rotatable bonds is 9. The third-order valence-electron chi connectivity index (χ3n) is 4.75. The minimum atomic E-state index is -3.73. The Kier molecular flexibility index (Phi) is 7.99. The Labute approximate surface area is 155 Å². The summed E-state index contributed by atoms with van der Waals surface area (Å²) in [7, 11) is -1.64. The molecule has 0 aliphatic heterocycles. The summed E-state index contributed by atoms with van der Waals surface area (Å²) in [5.41, 5.74) is 0. The van der Waals surface area contributed by atoms with Gasteiger partial charge in [-0.1, -0.05) is 19.3 Å². The van der Waals surface area contributed by atoms with E-state index >= 15 is 0 Å². The van der Waals surface area contributed by atoms with Crippen molar-refractivity contribution in [3.05, 3.63) is 30.1 Å². The molecular formula is C18H28FN3O3S. The van der Waals surface area contributed by atoms with Crippen molar-refractivity contribution in [1.29, 1.82) is 0 Å². The maximum atomic E-state index is 12.9. The summed E-state index contributed by atoms with van der Waals surface area (Å²) >= 11 is 0. The quantitative estimate of drug-likeness (QED) is 0.680. The highest BCUT2D eigenvalue weighted by Crippen LogP contribution is 2.21. The van der Waals surface area contributed by atoms with E-state index < -0.39 is 15.8 Å². The predicted molar refractivity (Wildman–Crippen MR) is 98.7 cm³/mol. The number of sulfonamides is 1. The predicted octanol–water partition coefficient (Wildman–Crippen LogP) is 1.87. The van der Waals surface area contributed by atoms with E-state index in [1.165, 1.54) is 44.2 Å². The average molecular weight is 386 g/mol. The van der Waals surface area contributed by atoms with Gasteiger partial charge in [-0.2, -0.15) is 0 Å². The van der Waals surface area contributed by atoms with Gasteiger partial charge in [-0.3, -0.25) is 4.79 Å². The molecule has 0 aromatic heterocycles. The first-order valence-corrected chi connectivity index (χ1v) is 10.6. The summed E-state index contributed by atoms with van der Waals surface area (Å²) in [6.45, 7) is 1.35. The average Bonchev–Trinajstić information content (AvgIpc) is 2.62. The lowest BCUT2D eigenvalue weighted by Gasteiger charge is -2.31. The molecule has 0 saturated heterocycles. The largest absolute Gasteiger partial charge is 0.355 e. The zero-order valence-corrected chi connectivity index (χ0v) is 16.0. The van der Waals surface area contributed by atoms with Crippen LogP contribution in [-0.4, -0.2) is 51.9 Å². The number of carbonyl (C=O) groups is 1. The number of benzene rings is 1. The maximum Gasteiger partial charge on any atom is 0.240 e. The van der Waals surface area contributed by atoms with E-state index in [2.05, 4.69) is 22.0 Å².